The Kier molecular flexibility index (Phi) is 12.6. The van der Waals surface area contributed by atoms with Crippen molar-refractivity contribution in [3.63, 3.8) is 0 Å². The number of aldehydes is 1. The first-order valence-corrected chi connectivity index (χ1v) is 17.1. The molecule has 49 heavy (non-hydrogen) atoms. The lowest BCUT2D eigenvalue weighted by molar-refractivity contribution is 0.102. The Balaban J connectivity index is 0.000000244. The molecule has 10 nitrogen and oxygen atoms in total. The van der Waals surface area contributed by atoms with Gasteiger partial charge in [0.1, 0.15) is 11.4 Å². The highest BCUT2D eigenvalue weighted by Crippen LogP contribution is 2.42. The molecule has 10 heteroatoms. The number of pyridine rings is 2. The normalized spacial score (nSPS) is 13.7. The molecular formula is C39H48N6O4. The van der Waals surface area contributed by atoms with E-state index in [9.17, 15) is 9.59 Å². The first-order chi connectivity index (χ1) is 23.9. The van der Waals surface area contributed by atoms with Crippen LogP contribution in [0.4, 0.5) is 11.4 Å². The van der Waals surface area contributed by atoms with Crippen molar-refractivity contribution in [1.29, 1.82) is 0 Å². The zero-order valence-corrected chi connectivity index (χ0v) is 28.7. The van der Waals surface area contributed by atoms with Gasteiger partial charge in [-0.1, -0.05) is 24.3 Å². The largest absolute Gasteiger partial charge is 0.395 e. The number of hydrogen-bond donors (Lipinski definition) is 6. The van der Waals surface area contributed by atoms with Gasteiger partial charge >= 0.3 is 0 Å². The van der Waals surface area contributed by atoms with Crippen molar-refractivity contribution < 1.29 is 19.8 Å². The highest BCUT2D eigenvalue weighted by Gasteiger charge is 2.28. The predicted octanol–water partition coefficient (Wildman–Crippen LogP) is 5.47. The van der Waals surface area contributed by atoms with E-state index in [0.717, 1.165) is 58.3 Å². The van der Waals surface area contributed by atoms with Gasteiger partial charge in [-0.15, -0.1) is 0 Å². The maximum atomic E-state index is 13.1. The summed E-state index contributed by atoms with van der Waals surface area (Å²) in [7, 11) is 1.92. The summed E-state index contributed by atoms with van der Waals surface area (Å²) in [5.74, 6) is 0.901. The zero-order chi connectivity index (χ0) is 34.8. The third-order valence-electron chi connectivity index (χ3n) is 9.14. The molecule has 0 spiro atoms. The molecule has 1 amide bonds. The second-order valence-electron chi connectivity index (χ2n) is 12.7. The number of carbonyl (C=O) groups excluding carboxylic acids is 2. The van der Waals surface area contributed by atoms with E-state index in [1.54, 1.807) is 12.4 Å². The number of aliphatic hydroxyl groups excluding tert-OH is 2. The molecule has 2 fully saturated rings. The van der Waals surface area contributed by atoms with Crippen LogP contribution in [0.3, 0.4) is 0 Å². The Bertz CT molecular complexity index is 1750. The Morgan fingerprint density at radius 1 is 0.796 bits per heavy atom. The van der Waals surface area contributed by atoms with Crippen LogP contribution in [0.25, 0.3) is 11.1 Å². The van der Waals surface area contributed by atoms with Crippen LogP contribution in [-0.4, -0.2) is 65.7 Å². The van der Waals surface area contributed by atoms with Crippen LogP contribution in [0.15, 0.2) is 60.9 Å². The summed E-state index contributed by atoms with van der Waals surface area (Å²) in [6.07, 6.45) is 9.04. The molecule has 2 aromatic carbocycles. The van der Waals surface area contributed by atoms with Gasteiger partial charge in [0, 0.05) is 57.0 Å². The molecule has 0 aliphatic heterocycles. The minimum atomic E-state index is -0.201. The number of nitrogens with one attached hydrogen (secondary N) is 4. The zero-order valence-electron chi connectivity index (χ0n) is 28.7. The van der Waals surface area contributed by atoms with Gasteiger partial charge in [0.25, 0.3) is 5.91 Å². The molecular weight excluding hydrogens is 616 g/mol. The number of rotatable bonds is 15. The van der Waals surface area contributed by atoms with E-state index in [-0.39, 0.29) is 19.1 Å². The van der Waals surface area contributed by atoms with Crippen LogP contribution in [-0.2, 0) is 13.1 Å². The number of amides is 1. The molecule has 0 bridgehead atoms. The van der Waals surface area contributed by atoms with Crippen LogP contribution < -0.4 is 21.3 Å². The first-order valence-electron chi connectivity index (χ1n) is 17.1. The van der Waals surface area contributed by atoms with Crippen LogP contribution in [0, 0.1) is 13.8 Å². The minimum absolute atomic E-state index is 0.101. The van der Waals surface area contributed by atoms with Gasteiger partial charge in [0.05, 0.1) is 13.2 Å². The van der Waals surface area contributed by atoms with Gasteiger partial charge in [-0.05, 0) is 120 Å². The number of benzene rings is 2. The summed E-state index contributed by atoms with van der Waals surface area (Å²) >= 11 is 0. The monoisotopic (exact) mass is 664 g/mol. The summed E-state index contributed by atoms with van der Waals surface area (Å²) in [6, 6.07) is 16.0. The Morgan fingerprint density at radius 2 is 1.33 bits per heavy atom. The lowest BCUT2D eigenvalue weighted by Gasteiger charge is -2.16. The predicted molar refractivity (Wildman–Crippen MR) is 194 cm³/mol. The summed E-state index contributed by atoms with van der Waals surface area (Å²) in [5, 5.41) is 30.4. The summed E-state index contributed by atoms with van der Waals surface area (Å²) < 4.78 is 0. The molecule has 2 aliphatic carbocycles. The molecule has 0 saturated heterocycles. The van der Waals surface area contributed by atoms with Gasteiger partial charge in [-0.3, -0.25) is 19.6 Å². The minimum Gasteiger partial charge on any atom is -0.395 e. The fourth-order valence-corrected chi connectivity index (χ4v) is 6.10. The maximum absolute atomic E-state index is 13.1. The number of hydrogen-bond acceptors (Lipinski definition) is 9. The standard InChI is InChI=1S/C27H32N4O2.C12H16N2O2/c1-17-21(6-4-8-24(17)28-3)22-7-5-9-25(18(22)2)31-27(33)26-14-23(19-10-11-19)20(16-30-26)15-29-12-13-32;15-4-3-13-6-10-7-14-11(8-16)5-12(10)9-1-2-9/h4-9,14,16,19,28-29,32H,10-13,15H2,1-3H3,(H,31,33);5,7-9,13,15H,1-4,6H2. The molecule has 2 aliphatic rings. The Labute approximate surface area is 288 Å². The fourth-order valence-electron chi connectivity index (χ4n) is 6.10. The molecule has 2 heterocycles. The van der Waals surface area contributed by atoms with Gasteiger partial charge in [0.2, 0.25) is 0 Å². The average Bonchev–Trinajstić information content (AvgIpc) is 4.05. The average molecular weight is 665 g/mol. The van der Waals surface area contributed by atoms with E-state index >= 15 is 0 Å². The van der Waals surface area contributed by atoms with Crippen molar-refractivity contribution in [2.75, 3.05) is 44.0 Å². The van der Waals surface area contributed by atoms with Gasteiger partial charge in [-0.25, -0.2) is 0 Å². The van der Waals surface area contributed by atoms with Crippen LogP contribution in [0.5, 0.6) is 0 Å². The maximum Gasteiger partial charge on any atom is 0.274 e. The molecule has 0 atom stereocenters. The van der Waals surface area contributed by atoms with Crippen molar-refractivity contribution in [3.8, 4) is 11.1 Å². The van der Waals surface area contributed by atoms with Crippen LogP contribution >= 0.6 is 0 Å². The summed E-state index contributed by atoms with van der Waals surface area (Å²) in [6.45, 7) is 6.86. The number of aromatic nitrogens is 2. The van der Waals surface area contributed by atoms with E-state index in [1.165, 1.54) is 29.5 Å². The molecule has 4 aromatic rings. The molecule has 2 aromatic heterocycles. The van der Waals surface area contributed by atoms with E-state index in [1.807, 2.05) is 44.3 Å². The van der Waals surface area contributed by atoms with Gasteiger partial charge in [0.15, 0.2) is 6.29 Å². The Morgan fingerprint density at radius 3 is 1.86 bits per heavy atom. The van der Waals surface area contributed by atoms with Crippen molar-refractivity contribution in [2.24, 2.45) is 0 Å². The molecule has 0 radical (unpaired) electrons. The van der Waals surface area contributed by atoms with Crippen molar-refractivity contribution in [3.05, 3.63) is 106 Å². The molecule has 6 N–H and O–H groups in total. The number of anilines is 2. The number of aliphatic hydroxyl groups is 2. The van der Waals surface area contributed by atoms with Crippen LogP contribution in [0.2, 0.25) is 0 Å². The van der Waals surface area contributed by atoms with E-state index < -0.39 is 0 Å². The summed E-state index contributed by atoms with van der Waals surface area (Å²) in [4.78, 5) is 32.3. The third-order valence-corrected chi connectivity index (χ3v) is 9.14. The van der Waals surface area contributed by atoms with E-state index in [0.29, 0.717) is 49.4 Å². The highest BCUT2D eigenvalue weighted by molar-refractivity contribution is 6.04. The molecule has 6 rings (SSSR count). The van der Waals surface area contributed by atoms with Crippen molar-refractivity contribution in [2.45, 2.75) is 64.5 Å². The second-order valence-corrected chi connectivity index (χ2v) is 12.7. The molecule has 0 unspecified atom stereocenters. The number of nitrogens with zero attached hydrogens (tertiary/aromatic N) is 2. The number of carbonyl (C=O) groups is 2. The molecule has 2 saturated carbocycles. The SMILES string of the molecule is CNc1cccc(-c2cccc(NC(=O)c3cc(C4CC4)c(CNCCO)cn3)c2C)c1C.O=Cc1cc(C2CC2)c(CNCCO)cn1. The van der Waals surface area contributed by atoms with Crippen molar-refractivity contribution >= 4 is 23.6 Å². The van der Waals surface area contributed by atoms with Gasteiger partial charge in [-0.2, -0.15) is 0 Å². The highest BCUT2D eigenvalue weighted by atomic mass is 16.3. The third kappa shape index (κ3) is 9.36. The molecule has 258 valence electrons. The summed E-state index contributed by atoms with van der Waals surface area (Å²) in [5.41, 5.74) is 11.9. The second kappa shape index (κ2) is 17.3. The van der Waals surface area contributed by atoms with E-state index in [4.69, 9.17) is 10.2 Å². The van der Waals surface area contributed by atoms with Crippen molar-refractivity contribution in [1.82, 2.24) is 20.6 Å². The van der Waals surface area contributed by atoms with E-state index in [2.05, 4.69) is 56.4 Å². The lowest BCUT2D eigenvalue weighted by Crippen LogP contribution is -2.20. The Hall–Kier alpha value is -4.48. The topological polar surface area (TPSA) is 148 Å². The first kappa shape index (κ1) is 35.8. The van der Waals surface area contributed by atoms with Crippen LogP contribution in [0.1, 0.15) is 91.9 Å². The lowest BCUT2D eigenvalue weighted by atomic mass is 9.94. The smallest absolute Gasteiger partial charge is 0.274 e. The quantitative estimate of drug-likeness (QED) is 0.0719. The van der Waals surface area contributed by atoms with Gasteiger partial charge < -0.3 is 31.5 Å². The fraction of sp³-hybridized carbons (Fsp3) is 0.385.